The molecule has 0 amide bonds. The van der Waals surface area contributed by atoms with Crippen molar-refractivity contribution in [2.24, 2.45) is 0 Å². The van der Waals surface area contributed by atoms with E-state index < -0.39 is 0 Å². The third-order valence-corrected chi connectivity index (χ3v) is 11.7. The van der Waals surface area contributed by atoms with E-state index in [0.717, 1.165) is 0 Å². The number of hydrogen-bond donors (Lipinski definition) is 0. The van der Waals surface area contributed by atoms with Gasteiger partial charge in [0.15, 0.2) is 0 Å². The predicted octanol–water partition coefficient (Wildman–Crippen LogP) is 15.8. The third kappa shape index (κ3) is 5.30. The normalized spacial score (nSPS) is 11.6. The lowest BCUT2D eigenvalue weighted by Gasteiger charge is -2.18. The summed E-state index contributed by atoms with van der Waals surface area (Å²) in [5.74, 6) is 0. The Bertz CT molecular complexity index is 3210. The van der Waals surface area contributed by atoms with E-state index in [-0.39, 0.29) is 0 Å². The fourth-order valence-electron chi connectivity index (χ4n) is 8.99. The molecule has 11 aromatic carbocycles. The van der Waals surface area contributed by atoms with E-state index in [1.807, 2.05) is 0 Å². The molecule has 0 unspecified atom stereocenters. The summed E-state index contributed by atoms with van der Waals surface area (Å²) < 4.78 is 0. The highest BCUT2D eigenvalue weighted by Crippen LogP contribution is 2.45. The molecule has 0 bridgehead atoms. The number of hydrogen-bond acceptors (Lipinski definition) is 0. The minimum absolute atomic E-state index is 1.21. The van der Waals surface area contributed by atoms with Gasteiger partial charge in [-0.05, 0) is 122 Å². The second-order valence-corrected chi connectivity index (χ2v) is 14.8. The molecule has 0 aliphatic rings. The lowest BCUT2D eigenvalue weighted by molar-refractivity contribution is 1.59. The van der Waals surface area contributed by atoms with Gasteiger partial charge in [-0.3, -0.25) is 0 Å². The molecule has 0 aliphatic carbocycles. The monoisotopic (exact) mass is 708 g/mol. The van der Waals surface area contributed by atoms with Crippen LogP contribution < -0.4 is 0 Å². The Hall–Kier alpha value is -7.28. The molecular formula is C56H36. The average molecular weight is 709 g/mol. The van der Waals surface area contributed by atoms with Crippen molar-refractivity contribution in [2.75, 3.05) is 0 Å². The maximum absolute atomic E-state index is 2.40. The summed E-state index contributed by atoms with van der Waals surface area (Å²) >= 11 is 0. The van der Waals surface area contributed by atoms with E-state index in [1.165, 1.54) is 109 Å². The van der Waals surface area contributed by atoms with Crippen molar-refractivity contribution in [2.45, 2.75) is 0 Å². The van der Waals surface area contributed by atoms with Gasteiger partial charge in [-0.15, -0.1) is 0 Å². The summed E-state index contributed by atoms with van der Waals surface area (Å²) in [5.41, 5.74) is 12.3. The molecule has 0 saturated carbocycles. The first kappa shape index (κ1) is 32.2. The van der Waals surface area contributed by atoms with Crippen molar-refractivity contribution in [3.8, 4) is 55.6 Å². The van der Waals surface area contributed by atoms with Crippen LogP contribution in [-0.4, -0.2) is 0 Å². The Balaban J connectivity index is 0.967. The van der Waals surface area contributed by atoms with Crippen molar-refractivity contribution < 1.29 is 0 Å². The van der Waals surface area contributed by atoms with Crippen molar-refractivity contribution in [3.05, 3.63) is 218 Å². The molecule has 11 rings (SSSR count). The van der Waals surface area contributed by atoms with Gasteiger partial charge >= 0.3 is 0 Å². The van der Waals surface area contributed by atoms with Crippen LogP contribution in [0.15, 0.2) is 218 Å². The zero-order valence-electron chi connectivity index (χ0n) is 30.8. The predicted molar refractivity (Wildman–Crippen MR) is 241 cm³/mol. The second kappa shape index (κ2) is 13.2. The van der Waals surface area contributed by atoms with Gasteiger partial charge in [0.2, 0.25) is 0 Å². The number of benzene rings is 11. The fourth-order valence-corrected chi connectivity index (χ4v) is 8.99. The van der Waals surface area contributed by atoms with Crippen molar-refractivity contribution in [1.82, 2.24) is 0 Å². The van der Waals surface area contributed by atoms with E-state index in [4.69, 9.17) is 0 Å². The number of fused-ring (bicyclic) bond motifs is 8. The molecule has 0 saturated heterocycles. The topological polar surface area (TPSA) is 0 Å². The van der Waals surface area contributed by atoms with Crippen LogP contribution in [0.2, 0.25) is 0 Å². The molecule has 0 atom stereocenters. The molecule has 0 fully saturated rings. The van der Waals surface area contributed by atoms with Crippen LogP contribution >= 0.6 is 0 Å². The Kier molecular flexibility index (Phi) is 7.60. The second-order valence-electron chi connectivity index (χ2n) is 14.8. The summed E-state index contributed by atoms with van der Waals surface area (Å²) in [6.07, 6.45) is 0. The van der Waals surface area contributed by atoms with Gasteiger partial charge in [-0.1, -0.05) is 206 Å². The lowest BCUT2D eigenvalue weighted by atomic mass is 9.85. The van der Waals surface area contributed by atoms with Gasteiger partial charge in [0.1, 0.15) is 0 Å². The Morgan fingerprint density at radius 3 is 0.857 bits per heavy atom. The minimum atomic E-state index is 1.21. The largest absolute Gasteiger partial charge is 0.0622 e. The van der Waals surface area contributed by atoms with Crippen LogP contribution in [0, 0.1) is 0 Å². The molecule has 0 radical (unpaired) electrons. The fraction of sp³-hybridized carbons (Fsp3) is 0. The molecule has 0 heteroatoms. The van der Waals surface area contributed by atoms with E-state index in [2.05, 4.69) is 218 Å². The molecular weight excluding hydrogens is 673 g/mol. The molecule has 0 aromatic heterocycles. The first-order chi connectivity index (χ1) is 27.8. The molecule has 0 heterocycles. The molecule has 0 aliphatic heterocycles. The van der Waals surface area contributed by atoms with E-state index >= 15 is 0 Å². The van der Waals surface area contributed by atoms with Crippen LogP contribution in [0.25, 0.3) is 109 Å². The first-order valence-corrected chi connectivity index (χ1v) is 19.4. The third-order valence-electron chi connectivity index (χ3n) is 11.7. The van der Waals surface area contributed by atoms with Gasteiger partial charge in [-0.2, -0.15) is 0 Å². The van der Waals surface area contributed by atoms with E-state index in [1.54, 1.807) is 0 Å². The minimum Gasteiger partial charge on any atom is -0.0622 e. The molecule has 0 spiro atoms. The van der Waals surface area contributed by atoms with Crippen molar-refractivity contribution in [3.63, 3.8) is 0 Å². The first-order valence-electron chi connectivity index (χ1n) is 19.4. The zero-order valence-corrected chi connectivity index (χ0v) is 30.8. The quantitative estimate of drug-likeness (QED) is 0.123. The highest BCUT2D eigenvalue weighted by Gasteiger charge is 2.17. The molecule has 11 aromatic rings. The maximum atomic E-state index is 2.40. The maximum Gasteiger partial charge on any atom is -0.00262 e. The van der Waals surface area contributed by atoms with Gasteiger partial charge < -0.3 is 0 Å². The summed E-state index contributed by atoms with van der Waals surface area (Å²) in [6.45, 7) is 0. The lowest BCUT2D eigenvalue weighted by Crippen LogP contribution is -1.91. The van der Waals surface area contributed by atoms with E-state index in [0.29, 0.717) is 0 Å². The molecule has 260 valence electrons. The van der Waals surface area contributed by atoms with Crippen molar-refractivity contribution in [1.29, 1.82) is 0 Å². The summed E-state index contributed by atoms with van der Waals surface area (Å²) in [7, 11) is 0. The highest BCUT2D eigenvalue weighted by atomic mass is 14.2. The van der Waals surface area contributed by atoms with Crippen LogP contribution in [0.3, 0.4) is 0 Å². The molecule has 56 heavy (non-hydrogen) atoms. The Morgan fingerprint density at radius 1 is 0.143 bits per heavy atom. The Labute approximate surface area is 326 Å². The van der Waals surface area contributed by atoms with E-state index in [9.17, 15) is 0 Å². The van der Waals surface area contributed by atoms with Gasteiger partial charge in [0.25, 0.3) is 0 Å². The highest BCUT2D eigenvalue weighted by molar-refractivity contribution is 6.26. The SMILES string of the molecule is c1ccc(-c2c3ccccc3c(-c3ccccc3)c3cc(-c4ccc(-c5ccc(-c6ccc7c8ccccc8c8ccccc8c7c6)cc5)cc4)ccc23)cc1. The smallest absolute Gasteiger partial charge is 0.00262 e. The molecule has 0 N–H and O–H groups in total. The standard InChI is InChI=1S/C56H36/c1-3-13-41(14-4-1)55-50-21-11-12-22-51(50)56(42-15-5-2-6-16-42)54-36-44(32-34-52(54)55)40-29-25-38(26-30-40)37-23-27-39(28-24-37)43-31-33-49-47-19-8-7-17-45(47)46-18-9-10-20-48(46)53(49)35-43/h1-36H. The molecule has 0 nitrogen and oxygen atoms in total. The van der Waals surface area contributed by atoms with Crippen LogP contribution in [-0.2, 0) is 0 Å². The van der Waals surface area contributed by atoms with Crippen LogP contribution in [0.5, 0.6) is 0 Å². The van der Waals surface area contributed by atoms with Crippen LogP contribution in [0.1, 0.15) is 0 Å². The number of rotatable bonds is 5. The summed E-state index contributed by atoms with van der Waals surface area (Å²) in [5, 5.41) is 12.9. The van der Waals surface area contributed by atoms with Gasteiger partial charge in [-0.25, -0.2) is 0 Å². The van der Waals surface area contributed by atoms with Crippen LogP contribution in [0.4, 0.5) is 0 Å². The average Bonchev–Trinajstić information content (AvgIpc) is 3.28. The van der Waals surface area contributed by atoms with Gasteiger partial charge in [0.05, 0.1) is 0 Å². The summed E-state index contributed by atoms with van der Waals surface area (Å²) in [4.78, 5) is 0. The van der Waals surface area contributed by atoms with Gasteiger partial charge in [0, 0.05) is 0 Å². The zero-order chi connectivity index (χ0) is 37.0. The van der Waals surface area contributed by atoms with Crippen molar-refractivity contribution >= 4 is 53.9 Å². The Morgan fingerprint density at radius 2 is 0.411 bits per heavy atom. The summed E-state index contributed by atoms with van der Waals surface area (Å²) in [6, 6.07) is 80.1.